The van der Waals surface area contributed by atoms with Crippen LogP contribution in [0.2, 0.25) is 0 Å². The molecular weight excluding hydrogens is 885 g/mol. The molecule has 0 spiro atoms. The molecular formula is C69H54N4. The number of hydrogen-bond donors (Lipinski definition) is 1. The fourth-order valence-corrected chi connectivity index (χ4v) is 10.5. The minimum atomic E-state index is 1.01. The quantitative estimate of drug-likeness (QED) is 0.139. The number of fused-ring (bicyclic) bond motifs is 8. The summed E-state index contributed by atoms with van der Waals surface area (Å²) in [5.41, 5.74) is 24.6. The lowest BCUT2D eigenvalue weighted by molar-refractivity contribution is 1.26. The standard InChI is InChI=1S/C69H54N4/c1-48-19-16-30-56(41-48)71(53-24-10-5-11-25-53)59-35-39-64-65-40-36-61(73(55-28-14-7-15-29-55)58-32-18-21-50(3)43-58)47-69(65)68-46-60(72(54-26-12-6-13-27-54)57-31-17-20-49(2)42-57)34-38-63(68)62-37-33-52(44-66(62)67(64)45-59)70-51-22-8-4-9-23-51/h4-47,70H,1-3H3. The topological polar surface area (TPSA) is 21.8 Å². The predicted molar refractivity (Wildman–Crippen MR) is 310 cm³/mol. The fraction of sp³-hybridized carbons (Fsp3) is 0.0435. The molecule has 12 rings (SSSR count). The number of hydrogen-bond acceptors (Lipinski definition) is 4. The van der Waals surface area contributed by atoms with E-state index < -0.39 is 0 Å². The molecule has 0 aliphatic heterocycles. The molecule has 73 heavy (non-hydrogen) atoms. The van der Waals surface area contributed by atoms with Gasteiger partial charge in [0.2, 0.25) is 0 Å². The second-order valence-corrected chi connectivity index (χ2v) is 19.0. The Balaban J connectivity index is 1.15. The number of aryl methyl sites for hydroxylation is 3. The minimum Gasteiger partial charge on any atom is -0.356 e. The summed E-state index contributed by atoms with van der Waals surface area (Å²) in [4.78, 5) is 7.15. The Hall–Kier alpha value is -9.38. The van der Waals surface area contributed by atoms with Crippen LogP contribution in [0.25, 0.3) is 44.5 Å². The van der Waals surface area contributed by atoms with Crippen molar-refractivity contribution in [1.29, 1.82) is 0 Å². The molecule has 0 saturated heterocycles. The van der Waals surface area contributed by atoms with Crippen LogP contribution in [0, 0.1) is 20.8 Å². The summed E-state index contributed by atoms with van der Waals surface area (Å²) in [6, 6.07) is 97.1. The van der Waals surface area contributed by atoms with Gasteiger partial charge in [0, 0.05) is 62.6 Å². The van der Waals surface area contributed by atoms with Gasteiger partial charge in [-0.1, -0.05) is 133 Å². The Kier molecular flexibility index (Phi) is 11.9. The van der Waals surface area contributed by atoms with Gasteiger partial charge in [-0.25, -0.2) is 0 Å². The van der Waals surface area contributed by atoms with Crippen molar-refractivity contribution in [3.8, 4) is 44.5 Å². The van der Waals surface area contributed by atoms with E-state index in [2.05, 4.69) is 308 Å². The summed E-state index contributed by atoms with van der Waals surface area (Å²) in [5.74, 6) is 0. The maximum atomic E-state index is 3.76. The third-order valence-corrected chi connectivity index (χ3v) is 13.8. The van der Waals surface area contributed by atoms with Gasteiger partial charge in [0.15, 0.2) is 0 Å². The first-order chi connectivity index (χ1) is 35.9. The molecule has 0 bridgehead atoms. The van der Waals surface area contributed by atoms with Crippen molar-refractivity contribution in [1.82, 2.24) is 0 Å². The maximum absolute atomic E-state index is 3.76. The van der Waals surface area contributed by atoms with Gasteiger partial charge in [-0.15, -0.1) is 0 Å². The number of benzene rings is 11. The molecule has 1 aliphatic carbocycles. The third kappa shape index (κ3) is 8.92. The molecule has 0 amide bonds. The van der Waals surface area contributed by atoms with Gasteiger partial charge in [-0.3, -0.25) is 0 Å². The van der Waals surface area contributed by atoms with Gasteiger partial charge < -0.3 is 20.0 Å². The highest BCUT2D eigenvalue weighted by Gasteiger charge is 2.27. The van der Waals surface area contributed by atoms with E-state index in [-0.39, 0.29) is 0 Å². The first-order valence-electron chi connectivity index (χ1n) is 25.1. The lowest BCUT2D eigenvalue weighted by atomic mass is 9.80. The van der Waals surface area contributed by atoms with Gasteiger partial charge in [-0.05, 0) is 215 Å². The molecule has 0 aromatic heterocycles. The van der Waals surface area contributed by atoms with Crippen LogP contribution in [0.3, 0.4) is 0 Å². The zero-order valence-electron chi connectivity index (χ0n) is 41.2. The minimum absolute atomic E-state index is 1.01. The fourth-order valence-electron chi connectivity index (χ4n) is 10.5. The molecule has 0 fully saturated rings. The van der Waals surface area contributed by atoms with Crippen LogP contribution in [0.4, 0.5) is 62.6 Å². The van der Waals surface area contributed by atoms with E-state index in [1.165, 1.54) is 16.7 Å². The van der Waals surface area contributed by atoms with Crippen LogP contribution in [-0.2, 0) is 0 Å². The van der Waals surface area contributed by atoms with E-state index in [0.29, 0.717) is 0 Å². The van der Waals surface area contributed by atoms with Crippen LogP contribution in [0.15, 0.2) is 267 Å². The van der Waals surface area contributed by atoms with Crippen molar-refractivity contribution >= 4 is 62.6 Å². The summed E-state index contributed by atoms with van der Waals surface area (Å²) < 4.78 is 0. The van der Waals surface area contributed by atoms with Crippen LogP contribution in [-0.4, -0.2) is 0 Å². The highest BCUT2D eigenvalue weighted by atomic mass is 15.2. The Labute approximate surface area is 429 Å². The molecule has 350 valence electrons. The Bertz CT molecular complexity index is 3750. The molecule has 0 saturated carbocycles. The number of para-hydroxylation sites is 4. The summed E-state index contributed by atoms with van der Waals surface area (Å²) in [7, 11) is 0. The predicted octanol–water partition coefficient (Wildman–Crippen LogP) is 19.7. The molecule has 1 aliphatic rings. The second-order valence-electron chi connectivity index (χ2n) is 19.0. The van der Waals surface area contributed by atoms with E-state index in [1.807, 2.05) is 0 Å². The van der Waals surface area contributed by atoms with Crippen LogP contribution in [0.5, 0.6) is 0 Å². The summed E-state index contributed by atoms with van der Waals surface area (Å²) in [5, 5.41) is 3.76. The number of rotatable bonds is 11. The SMILES string of the molecule is Cc1cccc(N(c2ccccc2)c2ccc3c(c2)-c2cc(Nc4ccccc4)ccc2-c2ccc(N(c4ccccc4)c4cccc(C)c4)cc2-c2cc(N(c4ccccc4)c4cccc(C)c4)ccc2-3)c1. The highest BCUT2D eigenvalue weighted by molar-refractivity contribution is 6.06. The zero-order chi connectivity index (χ0) is 49.3. The molecule has 4 heteroatoms. The smallest absolute Gasteiger partial charge is 0.0468 e. The van der Waals surface area contributed by atoms with Crippen LogP contribution in [0.1, 0.15) is 16.7 Å². The third-order valence-electron chi connectivity index (χ3n) is 13.8. The number of anilines is 11. The Morgan fingerprint density at radius 2 is 0.493 bits per heavy atom. The van der Waals surface area contributed by atoms with Crippen molar-refractivity contribution < 1.29 is 0 Å². The van der Waals surface area contributed by atoms with Crippen molar-refractivity contribution in [2.45, 2.75) is 20.8 Å². The van der Waals surface area contributed by atoms with E-state index in [1.54, 1.807) is 0 Å². The largest absolute Gasteiger partial charge is 0.356 e. The first-order valence-corrected chi connectivity index (χ1v) is 25.1. The first kappa shape index (κ1) is 44.8. The molecule has 11 aromatic rings. The monoisotopic (exact) mass is 938 g/mol. The van der Waals surface area contributed by atoms with Gasteiger partial charge in [0.1, 0.15) is 0 Å². The molecule has 4 nitrogen and oxygen atoms in total. The van der Waals surface area contributed by atoms with Crippen LogP contribution >= 0.6 is 0 Å². The molecule has 0 heterocycles. The van der Waals surface area contributed by atoms with Crippen molar-refractivity contribution in [3.05, 3.63) is 284 Å². The van der Waals surface area contributed by atoms with Crippen LogP contribution < -0.4 is 20.0 Å². The second kappa shape index (κ2) is 19.4. The normalized spacial score (nSPS) is 11.2. The average molecular weight is 939 g/mol. The molecule has 11 aromatic carbocycles. The van der Waals surface area contributed by atoms with E-state index in [0.717, 1.165) is 107 Å². The zero-order valence-corrected chi connectivity index (χ0v) is 41.2. The summed E-state index contributed by atoms with van der Waals surface area (Å²) in [6.45, 7) is 6.49. The number of nitrogens with zero attached hydrogens (tertiary/aromatic N) is 3. The lowest BCUT2D eigenvalue weighted by Crippen LogP contribution is -2.12. The van der Waals surface area contributed by atoms with E-state index in [4.69, 9.17) is 0 Å². The molecule has 1 N–H and O–H groups in total. The summed E-state index contributed by atoms with van der Waals surface area (Å²) in [6.07, 6.45) is 0. The Morgan fingerprint density at radius 3 is 0.836 bits per heavy atom. The Morgan fingerprint density at radius 1 is 0.205 bits per heavy atom. The van der Waals surface area contributed by atoms with E-state index in [9.17, 15) is 0 Å². The average Bonchev–Trinajstić information content (AvgIpc) is 3.42. The van der Waals surface area contributed by atoms with Gasteiger partial charge in [0.25, 0.3) is 0 Å². The lowest BCUT2D eigenvalue weighted by Gasteiger charge is -2.31. The van der Waals surface area contributed by atoms with Gasteiger partial charge in [0.05, 0.1) is 0 Å². The molecule has 0 unspecified atom stereocenters. The maximum Gasteiger partial charge on any atom is 0.0468 e. The van der Waals surface area contributed by atoms with Crippen molar-refractivity contribution in [2.75, 3.05) is 20.0 Å². The summed E-state index contributed by atoms with van der Waals surface area (Å²) >= 11 is 0. The highest BCUT2D eigenvalue weighted by Crippen LogP contribution is 2.53. The van der Waals surface area contributed by atoms with Crippen molar-refractivity contribution in [2.24, 2.45) is 0 Å². The number of nitrogens with one attached hydrogen (secondary N) is 1. The van der Waals surface area contributed by atoms with E-state index >= 15 is 0 Å². The van der Waals surface area contributed by atoms with Gasteiger partial charge in [-0.2, -0.15) is 0 Å². The van der Waals surface area contributed by atoms with Gasteiger partial charge >= 0.3 is 0 Å². The van der Waals surface area contributed by atoms with Crippen molar-refractivity contribution in [3.63, 3.8) is 0 Å². The molecule has 0 atom stereocenters. The molecule has 0 radical (unpaired) electrons.